The first kappa shape index (κ1) is 7.29. The van der Waals surface area contributed by atoms with Gasteiger partial charge in [-0.3, -0.25) is 20.2 Å². The quantitative estimate of drug-likeness (QED) is 0.282. The molecule has 0 radical (unpaired) electrons. The second-order valence-corrected chi connectivity index (χ2v) is 1.07. The molecule has 0 saturated heterocycles. The van der Waals surface area contributed by atoms with Crippen molar-refractivity contribution in [3.05, 3.63) is 20.2 Å². The molecule has 0 amide bonds. The van der Waals surface area contributed by atoms with Gasteiger partial charge in [-0.25, -0.2) is 0 Å². The van der Waals surface area contributed by atoms with Gasteiger partial charge in [0, 0.05) is 0 Å². The zero-order valence-electron chi connectivity index (χ0n) is 4.05. The molecule has 7 heteroatoms. The summed E-state index contributed by atoms with van der Waals surface area (Å²) in [5, 5.41) is 26.8. The minimum absolute atomic E-state index is 0.903. The normalized spacial score (nSPS) is 8.44. The van der Waals surface area contributed by atoms with Gasteiger partial charge in [0.1, 0.15) is 9.85 Å². The van der Waals surface area contributed by atoms with E-state index in [1.165, 1.54) is 0 Å². The molecule has 9 heavy (non-hydrogen) atoms. The van der Waals surface area contributed by atoms with Crippen molar-refractivity contribution in [2.24, 2.45) is 0 Å². The average Bonchev–Trinajstić information content (AvgIpc) is 1.64. The van der Waals surface area contributed by atoms with E-state index in [0.717, 1.165) is 6.07 Å². The van der Waals surface area contributed by atoms with Crippen LogP contribution in [0.3, 0.4) is 0 Å². The molecule has 0 aromatic rings. The van der Waals surface area contributed by atoms with E-state index in [1.807, 2.05) is 0 Å². The maximum Gasteiger partial charge on any atom is 0.535 e. The van der Waals surface area contributed by atoms with Crippen molar-refractivity contribution >= 4 is 0 Å². The summed E-state index contributed by atoms with van der Waals surface area (Å²) in [6.45, 7) is 0. The highest BCUT2D eigenvalue weighted by Crippen LogP contribution is 1.86. The van der Waals surface area contributed by atoms with Crippen molar-refractivity contribution < 1.29 is 9.85 Å². The number of rotatable bonds is 2. The van der Waals surface area contributed by atoms with Gasteiger partial charge in [-0.15, -0.1) is 0 Å². The summed E-state index contributed by atoms with van der Waals surface area (Å²) in [5.74, 6) is 0. The molecule has 0 aromatic carbocycles. The zero-order chi connectivity index (χ0) is 7.44. The highest BCUT2D eigenvalue weighted by atomic mass is 16.7. The molecule has 0 heterocycles. The Kier molecular flexibility index (Phi) is 2.07. The van der Waals surface area contributed by atoms with Crippen molar-refractivity contribution in [1.82, 2.24) is 0 Å². The molecular weight excluding hydrogens is 130 g/mol. The molecule has 0 unspecified atom stereocenters. The number of nitro groups is 2. The van der Waals surface area contributed by atoms with Crippen LogP contribution in [-0.4, -0.2) is 16.0 Å². The third-order valence-corrected chi connectivity index (χ3v) is 0.515. The summed E-state index contributed by atoms with van der Waals surface area (Å²) in [6.07, 6.45) is -2.33. The Bertz CT molecular complexity index is 167. The lowest BCUT2D eigenvalue weighted by atomic mass is 10.6. The molecule has 0 aliphatic rings. The van der Waals surface area contributed by atoms with Crippen LogP contribution in [0.5, 0.6) is 0 Å². The SMILES string of the molecule is N#CC([N+](=O)[O-])[N+](=O)[O-]. The van der Waals surface area contributed by atoms with Crippen LogP contribution in [0.25, 0.3) is 0 Å². The lowest BCUT2D eigenvalue weighted by Crippen LogP contribution is -2.26. The lowest BCUT2D eigenvalue weighted by molar-refractivity contribution is -0.724. The second kappa shape index (κ2) is 2.56. The van der Waals surface area contributed by atoms with Gasteiger partial charge in [-0.1, -0.05) is 0 Å². The maximum absolute atomic E-state index is 9.51. The summed E-state index contributed by atoms with van der Waals surface area (Å²) in [6, 6.07) is 0.903. The van der Waals surface area contributed by atoms with Crippen molar-refractivity contribution in [2.45, 2.75) is 6.17 Å². The number of hydrogen-bond acceptors (Lipinski definition) is 5. The molecule has 0 aliphatic carbocycles. The predicted octanol–water partition coefficient (Wildman–Crippen LogP) is -0.611. The fourth-order valence-corrected chi connectivity index (χ4v) is 0.171. The highest BCUT2D eigenvalue weighted by Gasteiger charge is 2.30. The van der Waals surface area contributed by atoms with Crippen LogP contribution in [0.2, 0.25) is 0 Å². The highest BCUT2D eigenvalue weighted by molar-refractivity contribution is 4.72. The third kappa shape index (κ3) is 1.68. The second-order valence-electron chi connectivity index (χ2n) is 1.07. The zero-order valence-corrected chi connectivity index (χ0v) is 4.05. The Balaban J connectivity index is 4.22. The summed E-state index contributed by atoms with van der Waals surface area (Å²) in [4.78, 5) is 16.5. The molecule has 7 nitrogen and oxygen atoms in total. The Morgan fingerprint density at radius 3 is 1.67 bits per heavy atom. The molecular formula is C2HN3O4. The maximum atomic E-state index is 9.51. The monoisotopic (exact) mass is 131 g/mol. The molecule has 0 bridgehead atoms. The molecule has 0 fully saturated rings. The van der Waals surface area contributed by atoms with Gasteiger partial charge in [0.2, 0.25) is 6.07 Å². The number of nitrogens with zero attached hydrogens (tertiary/aromatic N) is 3. The smallest absolute Gasteiger partial charge is 0.258 e. The summed E-state index contributed by atoms with van der Waals surface area (Å²) < 4.78 is 0. The van der Waals surface area contributed by atoms with E-state index < -0.39 is 16.0 Å². The van der Waals surface area contributed by atoms with E-state index in [0.29, 0.717) is 0 Å². The van der Waals surface area contributed by atoms with Crippen LogP contribution < -0.4 is 0 Å². The standard InChI is InChI=1S/C2HN3O4/c3-1-2(4(6)7)5(8)9/h2H. The minimum atomic E-state index is -2.33. The van der Waals surface area contributed by atoms with E-state index in [2.05, 4.69) is 0 Å². The van der Waals surface area contributed by atoms with E-state index in [1.54, 1.807) is 0 Å². The van der Waals surface area contributed by atoms with Crippen molar-refractivity contribution in [2.75, 3.05) is 0 Å². The van der Waals surface area contributed by atoms with Crippen molar-refractivity contribution in [3.8, 4) is 6.07 Å². The molecule has 0 aliphatic heterocycles. The molecule has 0 spiro atoms. The molecule has 0 atom stereocenters. The largest absolute Gasteiger partial charge is 0.535 e. The van der Waals surface area contributed by atoms with Gasteiger partial charge in [-0.05, 0) is 0 Å². The van der Waals surface area contributed by atoms with Crippen LogP contribution in [0.15, 0.2) is 0 Å². The van der Waals surface area contributed by atoms with Crippen LogP contribution >= 0.6 is 0 Å². The van der Waals surface area contributed by atoms with Crippen molar-refractivity contribution in [3.63, 3.8) is 0 Å². The average molecular weight is 131 g/mol. The molecule has 0 aromatic heterocycles. The van der Waals surface area contributed by atoms with Gasteiger partial charge >= 0.3 is 6.17 Å². The van der Waals surface area contributed by atoms with E-state index in [9.17, 15) is 20.2 Å². The fraction of sp³-hybridized carbons (Fsp3) is 0.500. The van der Waals surface area contributed by atoms with E-state index >= 15 is 0 Å². The van der Waals surface area contributed by atoms with Crippen LogP contribution in [-0.2, 0) is 0 Å². The van der Waals surface area contributed by atoms with Crippen LogP contribution in [0, 0.1) is 31.6 Å². The summed E-state index contributed by atoms with van der Waals surface area (Å²) in [5.41, 5.74) is 0. The summed E-state index contributed by atoms with van der Waals surface area (Å²) >= 11 is 0. The molecule has 48 valence electrons. The Labute approximate surface area is 48.8 Å². The van der Waals surface area contributed by atoms with Crippen LogP contribution in [0.1, 0.15) is 0 Å². The Morgan fingerprint density at radius 1 is 1.33 bits per heavy atom. The van der Waals surface area contributed by atoms with E-state index in [4.69, 9.17) is 5.26 Å². The number of nitriles is 1. The minimum Gasteiger partial charge on any atom is -0.258 e. The fourth-order valence-electron chi connectivity index (χ4n) is 0.171. The summed E-state index contributed by atoms with van der Waals surface area (Å²) in [7, 11) is 0. The van der Waals surface area contributed by atoms with Gasteiger partial charge in [0.15, 0.2) is 0 Å². The first-order valence-electron chi connectivity index (χ1n) is 1.76. The van der Waals surface area contributed by atoms with Gasteiger partial charge in [0.05, 0.1) is 0 Å². The van der Waals surface area contributed by atoms with Gasteiger partial charge in [-0.2, -0.15) is 5.26 Å². The topological polar surface area (TPSA) is 110 Å². The number of hydrogen-bond donors (Lipinski definition) is 0. The van der Waals surface area contributed by atoms with E-state index in [-0.39, 0.29) is 0 Å². The Morgan fingerprint density at radius 2 is 1.67 bits per heavy atom. The molecule has 0 rings (SSSR count). The van der Waals surface area contributed by atoms with Gasteiger partial charge < -0.3 is 0 Å². The van der Waals surface area contributed by atoms with Crippen LogP contribution in [0.4, 0.5) is 0 Å². The Hall–Kier alpha value is -1.71. The first-order chi connectivity index (χ1) is 4.09. The van der Waals surface area contributed by atoms with Gasteiger partial charge in [0.25, 0.3) is 0 Å². The molecule has 0 saturated carbocycles. The predicted molar refractivity (Wildman–Crippen MR) is 23.4 cm³/mol. The first-order valence-corrected chi connectivity index (χ1v) is 1.76. The lowest BCUT2D eigenvalue weighted by Gasteiger charge is -1.87. The van der Waals surface area contributed by atoms with Crippen molar-refractivity contribution in [1.29, 1.82) is 5.26 Å². The third-order valence-electron chi connectivity index (χ3n) is 0.515. The molecule has 0 N–H and O–H groups in total.